The lowest BCUT2D eigenvalue weighted by molar-refractivity contribution is -0.0498. The van der Waals surface area contributed by atoms with Gasteiger partial charge in [-0.1, -0.05) is 12.1 Å². The van der Waals surface area contributed by atoms with E-state index in [1.54, 1.807) is 12.1 Å². The predicted molar refractivity (Wildman–Crippen MR) is 100 cm³/mol. The highest BCUT2D eigenvalue weighted by Gasteiger charge is 2.20. The molecule has 3 N–H and O–H groups in total. The number of nitrogens with zero attached hydrogens (tertiary/aromatic N) is 1. The first-order valence-corrected chi connectivity index (χ1v) is 9.41. The van der Waals surface area contributed by atoms with Crippen LogP contribution >= 0.6 is 0 Å². The lowest BCUT2D eigenvalue weighted by Crippen LogP contribution is -2.38. The molecule has 0 amide bonds. The van der Waals surface area contributed by atoms with Gasteiger partial charge in [0.05, 0.1) is 12.6 Å². The third kappa shape index (κ3) is 9.01. The van der Waals surface area contributed by atoms with E-state index < -0.39 is 12.7 Å². The lowest BCUT2D eigenvalue weighted by Gasteiger charge is -2.14. The fraction of sp³-hybridized carbons (Fsp3) is 0.632. The molecule has 0 spiro atoms. The fourth-order valence-corrected chi connectivity index (χ4v) is 2.41. The second-order valence-corrected chi connectivity index (χ2v) is 6.48. The Morgan fingerprint density at radius 1 is 1.26 bits per heavy atom. The molecule has 0 heterocycles. The second-order valence-electron chi connectivity index (χ2n) is 6.48. The molecule has 8 heteroatoms. The van der Waals surface area contributed by atoms with Crippen LogP contribution in [0.4, 0.5) is 8.78 Å². The van der Waals surface area contributed by atoms with Crippen LogP contribution in [0.25, 0.3) is 0 Å². The molecule has 0 saturated heterocycles. The Balaban J connectivity index is 1.72. The highest BCUT2D eigenvalue weighted by atomic mass is 19.3. The van der Waals surface area contributed by atoms with Gasteiger partial charge in [-0.05, 0) is 49.8 Å². The highest BCUT2D eigenvalue weighted by molar-refractivity contribution is 5.79. The van der Waals surface area contributed by atoms with Crippen LogP contribution in [0.2, 0.25) is 0 Å². The summed E-state index contributed by atoms with van der Waals surface area (Å²) in [7, 11) is 0. The smallest absolute Gasteiger partial charge is 0.387 e. The zero-order chi connectivity index (χ0) is 19.5. The van der Waals surface area contributed by atoms with Crippen molar-refractivity contribution in [3.05, 3.63) is 29.8 Å². The molecule has 0 radical (unpaired) electrons. The molecule has 1 aromatic rings. The molecule has 152 valence electrons. The summed E-state index contributed by atoms with van der Waals surface area (Å²) in [5.41, 5.74) is 0.588. The van der Waals surface area contributed by atoms with Crippen molar-refractivity contribution in [2.75, 3.05) is 32.8 Å². The molecule has 1 aliphatic carbocycles. The Morgan fingerprint density at radius 2 is 2.00 bits per heavy atom. The summed E-state index contributed by atoms with van der Waals surface area (Å²) in [5, 5.41) is 16.6. The number of hydrogen-bond donors (Lipinski definition) is 3. The molecule has 1 saturated carbocycles. The van der Waals surface area contributed by atoms with Crippen LogP contribution in [0.15, 0.2) is 29.3 Å². The maximum atomic E-state index is 12.2. The number of halogens is 2. The molecule has 1 aromatic carbocycles. The predicted octanol–water partition coefficient (Wildman–Crippen LogP) is 2.69. The molecule has 6 nitrogen and oxygen atoms in total. The molecular formula is C19H29F2N3O3. The van der Waals surface area contributed by atoms with Gasteiger partial charge in [0.25, 0.3) is 0 Å². The summed E-state index contributed by atoms with van der Waals surface area (Å²) in [5.74, 6) is 1.45. The monoisotopic (exact) mass is 385 g/mol. The van der Waals surface area contributed by atoms with Crippen LogP contribution in [0.1, 0.15) is 37.9 Å². The van der Waals surface area contributed by atoms with Crippen LogP contribution in [-0.4, -0.2) is 50.5 Å². The Hall–Kier alpha value is -1.93. The first-order chi connectivity index (χ1) is 13.1. The SMILES string of the molecule is CCNC(=NCC(O)c1ccc(OC(F)F)cc1)NCCCOCC1CC1. The molecule has 0 aliphatic heterocycles. The van der Waals surface area contributed by atoms with Gasteiger partial charge < -0.3 is 25.2 Å². The summed E-state index contributed by atoms with van der Waals surface area (Å²) in [6, 6.07) is 5.91. The van der Waals surface area contributed by atoms with E-state index in [1.807, 2.05) is 6.92 Å². The van der Waals surface area contributed by atoms with Crippen molar-refractivity contribution in [3.63, 3.8) is 0 Å². The minimum Gasteiger partial charge on any atom is -0.435 e. The third-order valence-corrected chi connectivity index (χ3v) is 4.06. The quantitative estimate of drug-likeness (QED) is 0.293. The van der Waals surface area contributed by atoms with Gasteiger partial charge in [-0.15, -0.1) is 0 Å². The van der Waals surface area contributed by atoms with Crippen LogP contribution in [0.3, 0.4) is 0 Å². The lowest BCUT2D eigenvalue weighted by atomic mass is 10.1. The summed E-state index contributed by atoms with van der Waals surface area (Å²) in [4.78, 5) is 4.37. The molecule has 1 unspecified atom stereocenters. The number of aliphatic hydroxyl groups is 1. The van der Waals surface area contributed by atoms with Gasteiger partial charge in [-0.3, -0.25) is 4.99 Å². The average molecular weight is 385 g/mol. The van der Waals surface area contributed by atoms with E-state index in [0.717, 1.165) is 32.1 Å². The van der Waals surface area contributed by atoms with Gasteiger partial charge in [0, 0.05) is 26.3 Å². The van der Waals surface area contributed by atoms with Crippen molar-refractivity contribution in [2.24, 2.45) is 10.9 Å². The molecule has 0 bridgehead atoms. The third-order valence-electron chi connectivity index (χ3n) is 4.06. The van der Waals surface area contributed by atoms with Gasteiger partial charge in [-0.2, -0.15) is 8.78 Å². The summed E-state index contributed by atoms with van der Waals surface area (Å²) < 4.78 is 34.2. The van der Waals surface area contributed by atoms with Gasteiger partial charge in [0.1, 0.15) is 5.75 Å². The molecule has 1 atom stereocenters. The van der Waals surface area contributed by atoms with Crippen molar-refractivity contribution < 1.29 is 23.4 Å². The Bertz CT molecular complexity index is 566. The maximum Gasteiger partial charge on any atom is 0.387 e. The minimum atomic E-state index is -2.86. The van der Waals surface area contributed by atoms with Gasteiger partial charge in [0.15, 0.2) is 5.96 Å². The molecule has 1 aliphatic rings. The molecule has 2 rings (SSSR count). The van der Waals surface area contributed by atoms with E-state index in [4.69, 9.17) is 4.74 Å². The Labute approximate surface area is 159 Å². The average Bonchev–Trinajstić information content (AvgIpc) is 3.46. The first-order valence-electron chi connectivity index (χ1n) is 9.41. The van der Waals surface area contributed by atoms with Crippen molar-refractivity contribution in [2.45, 2.75) is 38.9 Å². The van der Waals surface area contributed by atoms with E-state index in [2.05, 4.69) is 20.4 Å². The number of ether oxygens (including phenoxy) is 2. The number of nitrogens with one attached hydrogen (secondary N) is 2. The fourth-order valence-electron chi connectivity index (χ4n) is 2.41. The Kier molecular flexibility index (Phi) is 9.27. The van der Waals surface area contributed by atoms with Crippen molar-refractivity contribution in [1.82, 2.24) is 10.6 Å². The van der Waals surface area contributed by atoms with Crippen LogP contribution in [-0.2, 0) is 4.74 Å². The number of aliphatic imine (C=N–C) groups is 1. The zero-order valence-corrected chi connectivity index (χ0v) is 15.7. The van der Waals surface area contributed by atoms with Crippen LogP contribution in [0.5, 0.6) is 5.75 Å². The van der Waals surface area contributed by atoms with Crippen molar-refractivity contribution >= 4 is 5.96 Å². The van der Waals surface area contributed by atoms with Crippen LogP contribution < -0.4 is 15.4 Å². The number of guanidine groups is 1. The van der Waals surface area contributed by atoms with E-state index >= 15 is 0 Å². The van der Waals surface area contributed by atoms with Crippen molar-refractivity contribution in [3.8, 4) is 5.75 Å². The number of hydrogen-bond acceptors (Lipinski definition) is 4. The summed E-state index contributed by atoms with van der Waals surface area (Å²) in [6.45, 7) is 2.28. The number of benzene rings is 1. The topological polar surface area (TPSA) is 75.1 Å². The largest absolute Gasteiger partial charge is 0.435 e. The van der Waals surface area contributed by atoms with Crippen molar-refractivity contribution in [1.29, 1.82) is 0 Å². The molecular weight excluding hydrogens is 356 g/mol. The molecule has 27 heavy (non-hydrogen) atoms. The van der Waals surface area contributed by atoms with Gasteiger partial charge in [-0.25, -0.2) is 0 Å². The van der Waals surface area contributed by atoms with Crippen LogP contribution in [0, 0.1) is 5.92 Å². The normalized spacial score (nSPS) is 15.7. The Morgan fingerprint density at radius 3 is 2.63 bits per heavy atom. The van der Waals surface area contributed by atoms with E-state index in [-0.39, 0.29) is 12.3 Å². The first kappa shape index (κ1) is 21.4. The van der Waals surface area contributed by atoms with E-state index in [9.17, 15) is 13.9 Å². The summed E-state index contributed by atoms with van der Waals surface area (Å²) >= 11 is 0. The molecule has 0 aromatic heterocycles. The number of alkyl halides is 2. The summed E-state index contributed by atoms with van der Waals surface area (Å²) in [6.07, 6.45) is 2.63. The second kappa shape index (κ2) is 11.7. The van der Waals surface area contributed by atoms with Gasteiger partial charge >= 0.3 is 6.61 Å². The van der Waals surface area contributed by atoms with E-state index in [0.29, 0.717) is 18.1 Å². The maximum absolute atomic E-state index is 12.2. The standard InChI is InChI=1S/C19H29F2N3O3/c1-2-22-19(23-10-3-11-26-13-14-4-5-14)24-12-17(25)15-6-8-16(9-7-15)27-18(20)21/h6-9,14,17-18,25H,2-5,10-13H2,1H3,(H2,22,23,24). The zero-order valence-electron chi connectivity index (χ0n) is 15.7. The van der Waals surface area contributed by atoms with Gasteiger partial charge in [0.2, 0.25) is 0 Å². The highest BCUT2D eigenvalue weighted by Crippen LogP contribution is 2.28. The minimum absolute atomic E-state index is 0.0587. The molecule has 1 fully saturated rings. The number of aliphatic hydroxyl groups excluding tert-OH is 1. The number of rotatable bonds is 12. The van der Waals surface area contributed by atoms with E-state index in [1.165, 1.54) is 25.0 Å².